The Labute approximate surface area is 142 Å². The van der Waals surface area contributed by atoms with E-state index in [1.807, 2.05) is 50.1 Å². The van der Waals surface area contributed by atoms with Gasteiger partial charge in [0.25, 0.3) is 0 Å². The number of aryl methyl sites for hydroxylation is 1. The number of para-hydroxylation sites is 1. The van der Waals surface area contributed by atoms with Crippen LogP contribution in [0, 0.1) is 6.92 Å². The molecule has 0 saturated heterocycles. The van der Waals surface area contributed by atoms with Crippen LogP contribution in [0.2, 0.25) is 0 Å². The molecule has 7 nitrogen and oxygen atoms in total. The fraction of sp³-hybridized carbons (Fsp3) is 0.471. The van der Waals surface area contributed by atoms with Crippen LogP contribution in [0.25, 0.3) is 0 Å². The molecule has 0 saturated carbocycles. The van der Waals surface area contributed by atoms with Gasteiger partial charge in [-0.1, -0.05) is 23.4 Å². The van der Waals surface area contributed by atoms with Crippen LogP contribution >= 0.6 is 0 Å². The molecule has 2 aromatic rings. The zero-order valence-electron chi connectivity index (χ0n) is 14.7. The van der Waals surface area contributed by atoms with Crippen molar-refractivity contribution in [1.82, 2.24) is 20.4 Å². The van der Waals surface area contributed by atoms with Gasteiger partial charge < -0.3 is 14.6 Å². The van der Waals surface area contributed by atoms with Crippen LogP contribution in [0.15, 0.2) is 28.8 Å². The molecule has 24 heavy (non-hydrogen) atoms. The minimum atomic E-state index is -0.535. The lowest BCUT2D eigenvalue weighted by atomic mass is 10.0. The van der Waals surface area contributed by atoms with Crippen molar-refractivity contribution in [3.63, 3.8) is 0 Å². The van der Waals surface area contributed by atoms with Crippen molar-refractivity contribution >= 4 is 5.91 Å². The number of carbonyl (C=O) groups excluding carboxylic acids is 1. The normalized spacial score (nSPS) is 12.5. The summed E-state index contributed by atoms with van der Waals surface area (Å²) in [7, 11) is 3.49. The van der Waals surface area contributed by atoms with E-state index in [9.17, 15) is 4.79 Å². The molecule has 1 atom stereocenters. The van der Waals surface area contributed by atoms with Gasteiger partial charge in [-0.25, -0.2) is 0 Å². The van der Waals surface area contributed by atoms with E-state index in [4.69, 9.17) is 9.26 Å². The first kappa shape index (κ1) is 17.9. The van der Waals surface area contributed by atoms with E-state index in [1.165, 1.54) is 0 Å². The van der Waals surface area contributed by atoms with Gasteiger partial charge >= 0.3 is 0 Å². The highest BCUT2D eigenvalue weighted by molar-refractivity contribution is 5.79. The number of likely N-dealkylation sites (N-methyl/N-ethyl adjacent to an activating group) is 1. The lowest BCUT2D eigenvalue weighted by molar-refractivity contribution is -0.122. The number of nitrogens with one attached hydrogen (secondary N) is 1. The lowest BCUT2D eigenvalue weighted by Crippen LogP contribution is -2.40. The summed E-state index contributed by atoms with van der Waals surface area (Å²) in [5.41, 5.74) is 0.779. The molecule has 1 N–H and O–H groups in total. The number of benzene rings is 1. The number of rotatable bonds is 7. The maximum absolute atomic E-state index is 12.4. The van der Waals surface area contributed by atoms with Crippen molar-refractivity contribution in [1.29, 1.82) is 0 Å². The van der Waals surface area contributed by atoms with Crippen LogP contribution in [0.1, 0.15) is 37.2 Å². The van der Waals surface area contributed by atoms with Gasteiger partial charge in [0.15, 0.2) is 5.82 Å². The van der Waals surface area contributed by atoms with Gasteiger partial charge in [0, 0.05) is 18.5 Å². The van der Waals surface area contributed by atoms with Crippen LogP contribution in [0.5, 0.6) is 5.75 Å². The Morgan fingerprint density at radius 2 is 2.08 bits per heavy atom. The monoisotopic (exact) mass is 332 g/mol. The number of hydrogen-bond acceptors (Lipinski definition) is 6. The summed E-state index contributed by atoms with van der Waals surface area (Å²) in [6.07, 6.45) is 0. The number of hydrogen-bond donors (Lipinski definition) is 1. The third kappa shape index (κ3) is 4.32. The van der Waals surface area contributed by atoms with Crippen LogP contribution in [0.4, 0.5) is 0 Å². The number of ether oxygens (including phenoxy) is 1. The molecule has 1 aromatic carbocycles. The van der Waals surface area contributed by atoms with E-state index in [2.05, 4.69) is 15.5 Å². The Morgan fingerprint density at radius 1 is 1.38 bits per heavy atom. The first-order valence-electron chi connectivity index (χ1n) is 7.85. The Hall–Kier alpha value is -2.41. The van der Waals surface area contributed by atoms with E-state index in [-0.39, 0.29) is 18.5 Å². The van der Waals surface area contributed by atoms with Gasteiger partial charge in [-0.15, -0.1) is 0 Å². The fourth-order valence-corrected chi connectivity index (χ4v) is 2.23. The zero-order valence-corrected chi connectivity index (χ0v) is 14.7. The molecule has 1 aromatic heterocycles. The molecular weight excluding hydrogens is 308 g/mol. The molecule has 0 bridgehead atoms. The largest absolute Gasteiger partial charge is 0.496 e. The molecule has 0 aliphatic carbocycles. The van der Waals surface area contributed by atoms with Crippen molar-refractivity contribution in [2.45, 2.75) is 32.9 Å². The maximum Gasteiger partial charge on any atom is 0.235 e. The van der Waals surface area contributed by atoms with Crippen molar-refractivity contribution in [3.8, 4) is 5.75 Å². The van der Waals surface area contributed by atoms with Gasteiger partial charge in [-0.05, 0) is 27.0 Å². The molecule has 130 valence electrons. The molecule has 0 aliphatic rings. The van der Waals surface area contributed by atoms with Crippen molar-refractivity contribution < 1.29 is 14.1 Å². The summed E-state index contributed by atoms with van der Waals surface area (Å²) in [4.78, 5) is 18.7. The highest BCUT2D eigenvalue weighted by Crippen LogP contribution is 2.28. The van der Waals surface area contributed by atoms with Crippen LogP contribution in [-0.4, -0.2) is 47.7 Å². The molecule has 0 fully saturated rings. The summed E-state index contributed by atoms with van der Waals surface area (Å²) >= 11 is 0. The average Bonchev–Trinajstić information content (AvgIpc) is 2.98. The Bertz CT molecular complexity index is 684. The van der Waals surface area contributed by atoms with E-state index >= 15 is 0 Å². The van der Waals surface area contributed by atoms with E-state index in [1.54, 1.807) is 14.0 Å². The number of carbonyl (C=O) groups is 1. The van der Waals surface area contributed by atoms with E-state index < -0.39 is 6.04 Å². The molecule has 1 amide bonds. The molecule has 0 spiro atoms. The summed E-state index contributed by atoms with van der Waals surface area (Å²) in [6, 6.07) is 7.20. The second-order valence-electron chi connectivity index (χ2n) is 5.92. The second-order valence-corrected chi connectivity index (χ2v) is 5.92. The number of aromatic nitrogens is 2. The quantitative estimate of drug-likeness (QED) is 0.834. The van der Waals surface area contributed by atoms with Gasteiger partial charge in [0.1, 0.15) is 11.8 Å². The SMILES string of the molecule is COc1ccccc1[C@@H](NC(=O)CN(C)C(C)C)c1noc(C)n1. The summed E-state index contributed by atoms with van der Waals surface area (Å²) in [5.74, 6) is 1.38. The van der Waals surface area contributed by atoms with Gasteiger partial charge in [-0.2, -0.15) is 4.98 Å². The molecule has 1 heterocycles. The topological polar surface area (TPSA) is 80.5 Å². The first-order valence-corrected chi connectivity index (χ1v) is 7.85. The minimum absolute atomic E-state index is 0.121. The number of nitrogens with zero attached hydrogens (tertiary/aromatic N) is 3. The minimum Gasteiger partial charge on any atom is -0.496 e. The van der Waals surface area contributed by atoms with Gasteiger partial charge in [0.2, 0.25) is 11.8 Å². The van der Waals surface area contributed by atoms with Crippen molar-refractivity contribution in [2.24, 2.45) is 0 Å². The molecule has 0 radical (unpaired) electrons. The summed E-state index contributed by atoms with van der Waals surface area (Å²) in [5, 5.41) is 6.94. The Balaban J connectivity index is 2.29. The van der Waals surface area contributed by atoms with Gasteiger partial charge in [0.05, 0.1) is 13.7 Å². The Kier molecular flexibility index (Phi) is 5.92. The third-order valence-electron chi connectivity index (χ3n) is 3.83. The van der Waals surface area contributed by atoms with Crippen LogP contribution in [0.3, 0.4) is 0 Å². The standard InChI is InChI=1S/C17H24N4O3/c1-11(2)21(4)10-15(22)19-16(17-18-12(3)24-20-17)13-8-6-7-9-14(13)23-5/h6-9,11,16H,10H2,1-5H3,(H,19,22)/t16-/m1/s1. The van der Waals surface area contributed by atoms with Crippen LogP contribution in [-0.2, 0) is 4.79 Å². The highest BCUT2D eigenvalue weighted by Gasteiger charge is 2.25. The predicted molar refractivity (Wildman–Crippen MR) is 89.8 cm³/mol. The fourth-order valence-electron chi connectivity index (χ4n) is 2.23. The predicted octanol–water partition coefficient (Wildman–Crippen LogP) is 1.93. The smallest absolute Gasteiger partial charge is 0.235 e. The van der Waals surface area contributed by atoms with Crippen molar-refractivity contribution in [3.05, 3.63) is 41.5 Å². The van der Waals surface area contributed by atoms with E-state index in [0.29, 0.717) is 17.5 Å². The van der Waals surface area contributed by atoms with Gasteiger partial charge in [-0.3, -0.25) is 9.69 Å². The maximum atomic E-state index is 12.4. The molecule has 0 unspecified atom stereocenters. The highest BCUT2D eigenvalue weighted by atomic mass is 16.5. The van der Waals surface area contributed by atoms with Crippen molar-refractivity contribution in [2.75, 3.05) is 20.7 Å². The first-order chi connectivity index (χ1) is 11.4. The molecule has 0 aliphatic heterocycles. The summed E-state index contributed by atoms with van der Waals surface area (Å²) < 4.78 is 10.5. The summed E-state index contributed by atoms with van der Waals surface area (Å²) in [6.45, 7) is 6.06. The lowest BCUT2D eigenvalue weighted by Gasteiger charge is -2.23. The molecule has 2 rings (SSSR count). The van der Waals surface area contributed by atoms with E-state index in [0.717, 1.165) is 5.56 Å². The average molecular weight is 332 g/mol. The molecule has 7 heteroatoms. The number of amides is 1. The molecular formula is C17H24N4O3. The zero-order chi connectivity index (χ0) is 17.7. The van der Waals surface area contributed by atoms with Crippen LogP contribution < -0.4 is 10.1 Å². The third-order valence-corrected chi connectivity index (χ3v) is 3.83. The number of methoxy groups -OCH3 is 1. The second kappa shape index (κ2) is 7.92. The Morgan fingerprint density at radius 3 is 2.67 bits per heavy atom.